The Morgan fingerprint density at radius 1 is 1.22 bits per heavy atom. The van der Waals surface area contributed by atoms with Gasteiger partial charge < -0.3 is 9.32 Å². The first kappa shape index (κ1) is 23.9. The number of nitro benzene ring substituents is 1. The maximum absolute atomic E-state index is 13.2. The Balaban J connectivity index is 1.71. The highest BCUT2D eigenvalue weighted by Crippen LogP contribution is 2.29. The second-order valence-electron chi connectivity index (χ2n) is 8.46. The normalized spacial score (nSPS) is 15.8. The lowest BCUT2D eigenvalue weighted by molar-refractivity contribution is -0.385. The first-order valence-electron chi connectivity index (χ1n) is 10.6. The second kappa shape index (κ2) is 9.41. The van der Waals surface area contributed by atoms with Crippen LogP contribution in [-0.2, 0) is 21.4 Å². The zero-order valence-corrected chi connectivity index (χ0v) is 19.6. The van der Waals surface area contributed by atoms with E-state index >= 15 is 0 Å². The number of sulfonamides is 1. The summed E-state index contributed by atoms with van der Waals surface area (Å²) in [6.07, 6.45) is 0.791. The predicted molar refractivity (Wildman–Crippen MR) is 118 cm³/mol. The van der Waals surface area contributed by atoms with Gasteiger partial charge in [0, 0.05) is 37.2 Å². The molecule has 174 valence electrons. The number of carbonyl (C=O) groups is 1. The maximum Gasteiger partial charge on any atom is 0.270 e. The molecule has 1 aromatic carbocycles. The van der Waals surface area contributed by atoms with Gasteiger partial charge in [-0.15, -0.1) is 0 Å². The van der Waals surface area contributed by atoms with Crippen molar-refractivity contribution in [2.45, 2.75) is 58.0 Å². The summed E-state index contributed by atoms with van der Waals surface area (Å²) in [6, 6.07) is 7.53. The number of rotatable bonds is 7. The smallest absolute Gasteiger partial charge is 0.270 e. The second-order valence-corrected chi connectivity index (χ2v) is 10.4. The van der Waals surface area contributed by atoms with Gasteiger partial charge in [0.2, 0.25) is 15.9 Å². The summed E-state index contributed by atoms with van der Waals surface area (Å²) >= 11 is 0. The van der Waals surface area contributed by atoms with Crippen LogP contribution in [0.1, 0.15) is 43.8 Å². The largest absolute Gasteiger partial charge is 0.464 e. The number of benzene rings is 1. The molecule has 2 aromatic rings. The van der Waals surface area contributed by atoms with Gasteiger partial charge in [0.05, 0.1) is 16.4 Å². The number of nitro groups is 1. The standard InChI is InChI=1S/C22H29N3O6S/c1-15(2)24(14-20-8-6-17(4)31-20)22(26)18-9-11-23(12-10-18)32(29,30)21-13-19(25(27)28)7-5-16(21)3/h5-8,13,15,18H,9-12,14H2,1-4H3. The fraction of sp³-hybridized carbons (Fsp3) is 0.500. The summed E-state index contributed by atoms with van der Waals surface area (Å²) in [7, 11) is -3.89. The van der Waals surface area contributed by atoms with Crippen LogP contribution in [0.4, 0.5) is 5.69 Å². The monoisotopic (exact) mass is 463 g/mol. The average molecular weight is 464 g/mol. The molecule has 1 aliphatic rings. The number of nitrogens with zero attached hydrogens (tertiary/aromatic N) is 3. The van der Waals surface area contributed by atoms with Gasteiger partial charge in [-0.25, -0.2) is 8.42 Å². The van der Waals surface area contributed by atoms with E-state index in [0.29, 0.717) is 30.7 Å². The van der Waals surface area contributed by atoms with E-state index in [1.54, 1.807) is 11.8 Å². The molecule has 1 amide bonds. The lowest BCUT2D eigenvalue weighted by Gasteiger charge is -2.35. The summed E-state index contributed by atoms with van der Waals surface area (Å²) in [6.45, 7) is 8.10. The molecule has 0 saturated carbocycles. The molecule has 0 atom stereocenters. The third kappa shape index (κ3) is 5.02. The van der Waals surface area contributed by atoms with Gasteiger partial charge in [0.25, 0.3) is 5.69 Å². The topological polar surface area (TPSA) is 114 Å². The Kier molecular flexibility index (Phi) is 7.04. The van der Waals surface area contributed by atoms with Crippen molar-refractivity contribution in [2.75, 3.05) is 13.1 Å². The van der Waals surface area contributed by atoms with Crippen LogP contribution in [0.25, 0.3) is 0 Å². The fourth-order valence-electron chi connectivity index (χ4n) is 3.95. The maximum atomic E-state index is 13.2. The number of furan rings is 1. The molecule has 10 heteroatoms. The van der Waals surface area contributed by atoms with Crippen molar-refractivity contribution in [3.63, 3.8) is 0 Å². The van der Waals surface area contributed by atoms with Crippen molar-refractivity contribution in [1.29, 1.82) is 0 Å². The van der Waals surface area contributed by atoms with Crippen molar-refractivity contribution in [3.8, 4) is 0 Å². The van der Waals surface area contributed by atoms with E-state index in [2.05, 4.69) is 0 Å². The van der Waals surface area contributed by atoms with Crippen LogP contribution in [0.3, 0.4) is 0 Å². The van der Waals surface area contributed by atoms with Crippen LogP contribution in [0, 0.1) is 29.9 Å². The third-order valence-corrected chi connectivity index (χ3v) is 7.87. The fourth-order valence-corrected chi connectivity index (χ4v) is 5.66. The molecule has 1 aliphatic heterocycles. The number of aryl methyl sites for hydroxylation is 2. The van der Waals surface area contributed by atoms with Gasteiger partial charge in [-0.3, -0.25) is 14.9 Å². The Hall–Kier alpha value is -2.72. The molecular formula is C22H29N3O6S. The van der Waals surface area contributed by atoms with Crippen LogP contribution < -0.4 is 0 Å². The Bertz CT molecular complexity index is 1100. The van der Waals surface area contributed by atoms with E-state index in [4.69, 9.17) is 4.42 Å². The van der Waals surface area contributed by atoms with Crippen LogP contribution in [0.2, 0.25) is 0 Å². The highest BCUT2D eigenvalue weighted by molar-refractivity contribution is 7.89. The van der Waals surface area contributed by atoms with Crippen molar-refractivity contribution >= 4 is 21.6 Å². The lowest BCUT2D eigenvalue weighted by atomic mass is 9.96. The Morgan fingerprint density at radius 3 is 2.41 bits per heavy atom. The number of carbonyl (C=O) groups excluding carboxylic acids is 1. The van der Waals surface area contributed by atoms with Crippen LogP contribution in [-0.4, -0.2) is 47.6 Å². The van der Waals surface area contributed by atoms with Crippen molar-refractivity contribution in [3.05, 3.63) is 57.5 Å². The van der Waals surface area contributed by atoms with Gasteiger partial charge in [-0.2, -0.15) is 4.31 Å². The van der Waals surface area contributed by atoms with Gasteiger partial charge in [-0.1, -0.05) is 6.07 Å². The first-order valence-corrected chi connectivity index (χ1v) is 12.1. The molecule has 0 spiro atoms. The van der Waals surface area contributed by atoms with Crippen molar-refractivity contribution in [1.82, 2.24) is 9.21 Å². The SMILES string of the molecule is Cc1ccc(CN(C(=O)C2CCN(S(=O)(=O)c3cc([N+](=O)[O-])ccc3C)CC2)C(C)C)o1. The van der Waals surface area contributed by atoms with E-state index in [0.717, 1.165) is 11.8 Å². The first-order chi connectivity index (χ1) is 15.0. The van der Waals surface area contributed by atoms with E-state index < -0.39 is 14.9 Å². The minimum absolute atomic E-state index is 0.0161. The number of amides is 1. The molecule has 3 rings (SSSR count). The molecule has 1 aromatic heterocycles. The minimum atomic E-state index is -3.89. The van der Waals surface area contributed by atoms with Crippen LogP contribution >= 0.6 is 0 Å². The molecule has 0 aliphatic carbocycles. The summed E-state index contributed by atoms with van der Waals surface area (Å²) in [5, 5.41) is 11.1. The highest BCUT2D eigenvalue weighted by Gasteiger charge is 2.35. The van der Waals surface area contributed by atoms with Gasteiger partial charge in [0.15, 0.2) is 0 Å². The van der Waals surface area contributed by atoms with Gasteiger partial charge in [-0.05, 0) is 58.2 Å². The number of non-ortho nitro benzene ring substituents is 1. The van der Waals surface area contributed by atoms with E-state index in [1.165, 1.54) is 16.4 Å². The molecule has 0 unspecified atom stereocenters. The van der Waals surface area contributed by atoms with Crippen molar-refractivity contribution < 1.29 is 22.6 Å². The average Bonchev–Trinajstić information content (AvgIpc) is 3.16. The van der Waals surface area contributed by atoms with Gasteiger partial charge in [0.1, 0.15) is 11.5 Å². The van der Waals surface area contributed by atoms with Crippen LogP contribution in [0.5, 0.6) is 0 Å². The molecule has 0 bridgehead atoms. The zero-order chi connectivity index (χ0) is 23.6. The molecule has 0 N–H and O–H groups in total. The molecule has 1 saturated heterocycles. The highest BCUT2D eigenvalue weighted by atomic mass is 32.2. The van der Waals surface area contributed by atoms with E-state index in [-0.39, 0.29) is 41.5 Å². The Labute approximate surface area is 188 Å². The Morgan fingerprint density at radius 2 is 1.88 bits per heavy atom. The van der Waals surface area contributed by atoms with E-state index in [1.807, 2.05) is 32.9 Å². The van der Waals surface area contributed by atoms with Gasteiger partial charge >= 0.3 is 0 Å². The lowest BCUT2D eigenvalue weighted by Crippen LogP contribution is -2.46. The summed E-state index contributed by atoms with van der Waals surface area (Å²) in [5.74, 6) is 1.19. The molecule has 32 heavy (non-hydrogen) atoms. The summed E-state index contributed by atoms with van der Waals surface area (Å²) in [5.41, 5.74) is 0.188. The predicted octanol–water partition coefficient (Wildman–Crippen LogP) is 3.64. The summed E-state index contributed by atoms with van der Waals surface area (Å²) in [4.78, 5) is 25.4. The summed E-state index contributed by atoms with van der Waals surface area (Å²) < 4.78 is 33.2. The number of hydrogen-bond donors (Lipinski definition) is 0. The molecule has 9 nitrogen and oxygen atoms in total. The zero-order valence-electron chi connectivity index (χ0n) is 18.8. The molecular weight excluding hydrogens is 434 g/mol. The number of hydrogen-bond acceptors (Lipinski definition) is 6. The van der Waals surface area contributed by atoms with Crippen LogP contribution in [0.15, 0.2) is 39.6 Å². The molecule has 2 heterocycles. The number of piperidine rings is 1. The van der Waals surface area contributed by atoms with Crippen molar-refractivity contribution in [2.24, 2.45) is 5.92 Å². The molecule has 0 radical (unpaired) electrons. The minimum Gasteiger partial charge on any atom is -0.464 e. The third-order valence-electron chi connectivity index (χ3n) is 5.83. The quantitative estimate of drug-likeness (QED) is 0.457. The molecule has 1 fully saturated rings. The van der Waals surface area contributed by atoms with E-state index in [9.17, 15) is 23.3 Å².